The van der Waals surface area contributed by atoms with E-state index in [0.717, 1.165) is 5.56 Å². The van der Waals surface area contributed by atoms with Crippen molar-refractivity contribution in [3.05, 3.63) is 65.7 Å². The maximum Gasteiger partial charge on any atom is 0.337 e. The quantitative estimate of drug-likeness (QED) is 0.611. The summed E-state index contributed by atoms with van der Waals surface area (Å²) >= 11 is 0. The van der Waals surface area contributed by atoms with E-state index >= 15 is 0 Å². The number of ether oxygens (including phenoxy) is 1. The molecule has 1 heterocycles. The number of carbonyl (C=O) groups excluding carboxylic acids is 3. The Kier molecular flexibility index (Phi) is 6.86. The van der Waals surface area contributed by atoms with Gasteiger partial charge in [-0.15, -0.1) is 0 Å². The third-order valence-electron chi connectivity index (χ3n) is 5.08. The lowest BCUT2D eigenvalue weighted by atomic mass is 10.0. The predicted molar refractivity (Wildman–Crippen MR) is 111 cm³/mol. The van der Waals surface area contributed by atoms with Crippen molar-refractivity contribution in [3.63, 3.8) is 0 Å². The zero-order chi connectivity index (χ0) is 22.4. The van der Waals surface area contributed by atoms with Gasteiger partial charge in [-0.25, -0.2) is 14.4 Å². The zero-order valence-electron chi connectivity index (χ0n) is 16.9. The second-order valence-electron chi connectivity index (χ2n) is 7.04. The summed E-state index contributed by atoms with van der Waals surface area (Å²) in [6.45, 7) is -0.365. The molecule has 162 valence electrons. The summed E-state index contributed by atoms with van der Waals surface area (Å²) in [5.74, 6) is -2.10. The molecule has 1 aliphatic rings. The molecule has 0 aliphatic carbocycles. The molecule has 2 atom stereocenters. The van der Waals surface area contributed by atoms with Crippen molar-refractivity contribution in [2.24, 2.45) is 0 Å². The van der Waals surface area contributed by atoms with Crippen LogP contribution < -0.4 is 10.6 Å². The van der Waals surface area contributed by atoms with Gasteiger partial charge in [0, 0.05) is 5.69 Å². The molecular weight excluding hydrogens is 402 g/mol. The number of hydrogen-bond acceptors (Lipinski definition) is 5. The number of hydrogen-bond donors (Lipinski definition) is 3. The molecule has 9 heteroatoms. The third kappa shape index (κ3) is 5.19. The Balaban J connectivity index is 1.64. The van der Waals surface area contributed by atoms with E-state index in [1.807, 2.05) is 30.3 Å². The van der Waals surface area contributed by atoms with Gasteiger partial charge < -0.3 is 25.4 Å². The van der Waals surface area contributed by atoms with Gasteiger partial charge in [0.15, 0.2) is 0 Å². The minimum atomic E-state index is -1.07. The second-order valence-corrected chi connectivity index (χ2v) is 7.04. The number of nitrogens with zero attached hydrogens (tertiary/aromatic N) is 1. The molecular formula is C22H23N3O6. The maximum atomic E-state index is 12.8. The van der Waals surface area contributed by atoms with Crippen LogP contribution in [0.1, 0.15) is 34.8 Å². The fourth-order valence-corrected chi connectivity index (χ4v) is 3.67. The van der Waals surface area contributed by atoms with Crippen molar-refractivity contribution in [2.45, 2.75) is 24.9 Å². The van der Waals surface area contributed by atoms with E-state index < -0.39 is 29.9 Å². The van der Waals surface area contributed by atoms with Gasteiger partial charge in [-0.3, -0.25) is 4.79 Å². The first-order chi connectivity index (χ1) is 14.9. The standard InChI is InChI=1S/C22H23N3O6/c1-31-21(29)15-8-5-9-16(12-15)24-22(30)23-13-19(26)25-17(10-11-18(25)20(27)28)14-6-3-2-4-7-14/h2-9,12,17-18H,10-11,13H2,1H3,(H,27,28)(H2,23,24,30)/t17?,18-/m0/s1. The number of carbonyl (C=O) groups is 4. The highest BCUT2D eigenvalue weighted by Gasteiger charge is 2.41. The van der Waals surface area contributed by atoms with Gasteiger partial charge in [-0.2, -0.15) is 0 Å². The van der Waals surface area contributed by atoms with Crippen LogP contribution in [0, 0.1) is 0 Å². The number of anilines is 1. The molecule has 0 radical (unpaired) electrons. The first-order valence-electron chi connectivity index (χ1n) is 9.73. The molecule has 1 fully saturated rings. The number of urea groups is 1. The Bertz CT molecular complexity index is 978. The van der Waals surface area contributed by atoms with Gasteiger partial charge in [0.2, 0.25) is 5.91 Å². The molecule has 3 N–H and O–H groups in total. The summed E-state index contributed by atoms with van der Waals surface area (Å²) in [6, 6.07) is 13.4. The SMILES string of the molecule is COC(=O)c1cccc(NC(=O)NCC(=O)N2C(c3ccccc3)CC[C@H]2C(=O)O)c1. The van der Waals surface area contributed by atoms with E-state index in [1.54, 1.807) is 18.2 Å². The average Bonchev–Trinajstić information content (AvgIpc) is 3.23. The van der Waals surface area contributed by atoms with Gasteiger partial charge in [-0.1, -0.05) is 36.4 Å². The number of carboxylic acid groups (broad SMARTS) is 1. The summed E-state index contributed by atoms with van der Waals surface area (Å²) < 4.78 is 4.64. The van der Waals surface area contributed by atoms with Gasteiger partial charge in [0.05, 0.1) is 25.3 Å². The van der Waals surface area contributed by atoms with E-state index in [1.165, 1.54) is 18.1 Å². The van der Waals surface area contributed by atoms with Gasteiger partial charge in [-0.05, 0) is 36.6 Å². The highest BCUT2D eigenvalue weighted by atomic mass is 16.5. The highest BCUT2D eigenvalue weighted by molar-refractivity contribution is 5.95. The van der Waals surface area contributed by atoms with Crippen LogP contribution >= 0.6 is 0 Å². The second kappa shape index (κ2) is 9.75. The molecule has 1 aliphatic heterocycles. The van der Waals surface area contributed by atoms with E-state index in [-0.39, 0.29) is 18.2 Å². The smallest absolute Gasteiger partial charge is 0.337 e. The van der Waals surface area contributed by atoms with Crippen LogP contribution in [0.5, 0.6) is 0 Å². The molecule has 1 unspecified atom stereocenters. The first kappa shape index (κ1) is 21.8. The molecule has 2 aromatic rings. The highest BCUT2D eigenvalue weighted by Crippen LogP contribution is 2.36. The minimum Gasteiger partial charge on any atom is -0.480 e. The van der Waals surface area contributed by atoms with Crippen molar-refractivity contribution < 1.29 is 29.0 Å². The van der Waals surface area contributed by atoms with Crippen molar-refractivity contribution in [2.75, 3.05) is 19.0 Å². The van der Waals surface area contributed by atoms with Crippen LogP contribution in [0.3, 0.4) is 0 Å². The van der Waals surface area contributed by atoms with Gasteiger partial charge in [0.1, 0.15) is 6.04 Å². The molecule has 0 spiro atoms. The number of aliphatic carboxylic acids is 1. The maximum absolute atomic E-state index is 12.8. The molecule has 3 amide bonds. The number of rotatable bonds is 6. The van der Waals surface area contributed by atoms with E-state index in [2.05, 4.69) is 15.4 Å². The normalized spacial score (nSPS) is 17.6. The summed E-state index contributed by atoms with van der Waals surface area (Å²) in [5, 5.41) is 14.5. The minimum absolute atomic E-state index is 0.267. The number of methoxy groups -OCH3 is 1. The van der Waals surface area contributed by atoms with Crippen LogP contribution in [-0.4, -0.2) is 53.6 Å². The summed E-state index contributed by atoms with van der Waals surface area (Å²) in [4.78, 5) is 49.6. The fourth-order valence-electron chi connectivity index (χ4n) is 3.67. The Labute approximate surface area is 179 Å². The zero-order valence-corrected chi connectivity index (χ0v) is 16.9. The van der Waals surface area contributed by atoms with Crippen molar-refractivity contribution in [1.82, 2.24) is 10.2 Å². The Morgan fingerprint density at radius 2 is 1.81 bits per heavy atom. The lowest BCUT2D eigenvalue weighted by molar-refractivity contribution is -0.149. The molecule has 1 saturated heterocycles. The Hall–Kier alpha value is -3.88. The Morgan fingerprint density at radius 1 is 1.06 bits per heavy atom. The monoisotopic (exact) mass is 425 g/mol. The molecule has 3 rings (SSSR count). The summed E-state index contributed by atoms with van der Waals surface area (Å²) in [5.41, 5.74) is 1.46. The largest absolute Gasteiger partial charge is 0.480 e. The van der Waals surface area contributed by atoms with Crippen LogP contribution in [0.4, 0.5) is 10.5 Å². The summed E-state index contributed by atoms with van der Waals surface area (Å²) in [6.07, 6.45) is 0.867. The molecule has 0 aromatic heterocycles. The summed E-state index contributed by atoms with van der Waals surface area (Å²) in [7, 11) is 1.26. The number of amides is 3. The van der Waals surface area contributed by atoms with Crippen molar-refractivity contribution >= 4 is 29.6 Å². The number of carboxylic acids is 1. The average molecular weight is 425 g/mol. The lowest BCUT2D eigenvalue weighted by Crippen LogP contribution is -2.47. The number of esters is 1. The fraction of sp³-hybridized carbons (Fsp3) is 0.273. The first-order valence-corrected chi connectivity index (χ1v) is 9.73. The van der Waals surface area contributed by atoms with Gasteiger partial charge >= 0.3 is 18.0 Å². The molecule has 0 bridgehead atoms. The van der Waals surface area contributed by atoms with Gasteiger partial charge in [0.25, 0.3) is 0 Å². The Morgan fingerprint density at radius 3 is 2.48 bits per heavy atom. The van der Waals surface area contributed by atoms with Crippen molar-refractivity contribution in [1.29, 1.82) is 0 Å². The molecule has 0 saturated carbocycles. The van der Waals surface area contributed by atoms with Crippen LogP contribution in [0.2, 0.25) is 0 Å². The van der Waals surface area contributed by atoms with E-state index in [0.29, 0.717) is 18.5 Å². The van der Waals surface area contributed by atoms with Crippen LogP contribution in [0.25, 0.3) is 0 Å². The molecule has 2 aromatic carbocycles. The predicted octanol–water partition coefficient (Wildman–Crippen LogP) is 2.41. The van der Waals surface area contributed by atoms with Crippen LogP contribution in [0.15, 0.2) is 54.6 Å². The number of benzene rings is 2. The third-order valence-corrected chi connectivity index (χ3v) is 5.08. The molecule has 9 nitrogen and oxygen atoms in total. The van der Waals surface area contributed by atoms with E-state index in [9.17, 15) is 24.3 Å². The topological polar surface area (TPSA) is 125 Å². The number of nitrogens with one attached hydrogen (secondary N) is 2. The number of likely N-dealkylation sites (tertiary alicyclic amines) is 1. The lowest BCUT2D eigenvalue weighted by Gasteiger charge is -2.28. The van der Waals surface area contributed by atoms with Crippen molar-refractivity contribution in [3.8, 4) is 0 Å². The van der Waals surface area contributed by atoms with Crippen LogP contribution in [-0.2, 0) is 14.3 Å². The van der Waals surface area contributed by atoms with E-state index in [4.69, 9.17) is 0 Å². The molecule has 31 heavy (non-hydrogen) atoms.